The van der Waals surface area contributed by atoms with E-state index in [2.05, 4.69) is 33.7 Å². The van der Waals surface area contributed by atoms with E-state index in [0.717, 1.165) is 30.4 Å². The molecule has 0 aliphatic carbocycles. The average Bonchev–Trinajstić information content (AvgIpc) is 2.98. The van der Waals surface area contributed by atoms with Crippen LogP contribution in [0.15, 0.2) is 6.07 Å². The van der Waals surface area contributed by atoms with E-state index in [4.69, 9.17) is 4.98 Å². The molecule has 0 bridgehead atoms. The van der Waals surface area contributed by atoms with E-state index >= 15 is 0 Å². The molecule has 0 spiro atoms. The molecule has 3 rings (SSSR count). The highest BCUT2D eigenvalue weighted by atomic mass is 16.6. The van der Waals surface area contributed by atoms with Crippen molar-refractivity contribution in [2.24, 2.45) is 7.05 Å². The fourth-order valence-electron chi connectivity index (χ4n) is 3.48. The zero-order valence-corrected chi connectivity index (χ0v) is 16.6. The molecular weight excluding hydrogens is 346 g/mol. The molecule has 1 aliphatic heterocycles. The third-order valence-electron chi connectivity index (χ3n) is 4.86. The van der Waals surface area contributed by atoms with Crippen LogP contribution in [-0.2, 0) is 13.5 Å². The van der Waals surface area contributed by atoms with Gasteiger partial charge in [-0.1, -0.05) is 20.8 Å². The summed E-state index contributed by atoms with van der Waals surface area (Å²) in [5, 5.41) is 15.9. The van der Waals surface area contributed by atoms with Crippen molar-refractivity contribution in [1.29, 1.82) is 0 Å². The monoisotopic (exact) mass is 373 g/mol. The third kappa shape index (κ3) is 3.72. The Kier molecular flexibility index (Phi) is 5.29. The van der Waals surface area contributed by atoms with Crippen molar-refractivity contribution in [2.45, 2.75) is 40.0 Å². The SMILES string of the molecule is CCc1nn(C)c(N2CCN(c3cc(C)nc(C(C)C)n3)CC2)c1[N+](=O)[O-]. The number of piperazine rings is 1. The third-order valence-corrected chi connectivity index (χ3v) is 4.86. The van der Waals surface area contributed by atoms with Gasteiger partial charge in [0, 0.05) is 50.9 Å². The van der Waals surface area contributed by atoms with Crippen molar-refractivity contribution < 1.29 is 4.92 Å². The van der Waals surface area contributed by atoms with Crippen molar-refractivity contribution in [1.82, 2.24) is 19.7 Å². The molecule has 27 heavy (non-hydrogen) atoms. The largest absolute Gasteiger partial charge is 0.353 e. The van der Waals surface area contributed by atoms with Gasteiger partial charge in [0.25, 0.3) is 0 Å². The number of rotatable bonds is 5. The Morgan fingerprint density at radius 3 is 2.37 bits per heavy atom. The molecule has 2 aromatic rings. The van der Waals surface area contributed by atoms with Crippen LogP contribution in [-0.4, -0.2) is 50.9 Å². The maximum Gasteiger partial charge on any atom is 0.334 e. The lowest BCUT2D eigenvalue weighted by molar-refractivity contribution is -0.384. The smallest absolute Gasteiger partial charge is 0.334 e. The molecule has 0 unspecified atom stereocenters. The van der Waals surface area contributed by atoms with Gasteiger partial charge in [0.05, 0.1) is 4.92 Å². The lowest BCUT2D eigenvalue weighted by atomic mass is 10.2. The molecule has 0 radical (unpaired) electrons. The van der Waals surface area contributed by atoms with Crippen LogP contribution < -0.4 is 9.80 Å². The predicted molar refractivity (Wildman–Crippen MR) is 105 cm³/mol. The van der Waals surface area contributed by atoms with Crippen molar-refractivity contribution in [3.05, 3.63) is 33.4 Å². The second-order valence-corrected chi connectivity index (χ2v) is 7.21. The van der Waals surface area contributed by atoms with Crippen LogP contribution >= 0.6 is 0 Å². The van der Waals surface area contributed by atoms with Crippen LogP contribution in [0.3, 0.4) is 0 Å². The zero-order chi connectivity index (χ0) is 19.7. The summed E-state index contributed by atoms with van der Waals surface area (Å²) < 4.78 is 1.64. The van der Waals surface area contributed by atoms with Crippen molar-refractivity contribution >= 4 is 17.3 Å². The molecule has 146 valence electrons. The fourth-order valence-corrected chi connectivity index (χ4v) is 3.48. The topological polar surface area (TPSA) is 93.2 Å². The van der Waals surface area contributed by atoms with Gasteiger partial charge >= 0.3 is 5.69 Å². The Hall–Kier alpha value is -2.71. The van der Waals surface area contributed by atoms with Crippen LogP contribution in [0.1, 0.15) is 43.9 Å². The highest BCUT2D eigenvalue weighted by Crippen LogP contribution is 2.32. The second-order valence-electron chi connectivity index (χ2n) is 7.21. The number of anilines is 2. The summed E-state index contributed by atoms with van der Waals surface area (Å²) in [6, 6.07) is 2.00. The highest BCUT2D eigenvalue weighted by molar-refractivity contribution is 5.62. The fraction of sp³-hybridized carbons (Fsp3) is 0.611. The first-order valence-electron chi connectivity index (χ1n) is 9.37. The van der Waals surface area contributed by atoms with E-state index in [1.165, 1.54) is 0 Å². The van der Waals surface area contributed by atoms with Crippen molar-refractivity contribution in [2.75, 3.05) is 36.0 Å². The van der Waals surface area contributed by atoms with Crippen LogP contribution in [0.5, 0.6) is 0 Å². The number of aromatic nitrogens is 4. The van der Waals surface area contributed by atoms with Gasteiger partial charge in [0.1, 0.15) is 17.3 Å². The van der Waals surface area contributed by atoms with E-state index < -0.39 is 0 Å². The van der Waals surface area contributed by atoms with Gasteiger partial charge in [-0.15, -0.1) is 0 Å². The molecule has 0 saturated carbocycles. The number of hydrogen-bond donors (Lipinski definition) is 0. The van der Waals surface area contributed by atoms with Gasteiger partial charge in [0.2, 0.25) is 5.82 Å². The molecule has 1 saturated heterocycles. The first-order chi connectivity index (χ1) is 12.8. The number of hydrogen-bond acceptors (Lipinski definition) is 7. The second kappa shape index (κ2) is 7.50. The first kappa shape index (κ1) is 19.1. The maximum absolute atomic E-state index is 11.6. The summed E-state index contributed by atoms with van der Waals surface area (Å²) in [5.41, 5.74) is 1.63. The standard InChI is InChI=1S/C18H27N7O2/c1-6-14-16(25(26)27)18(22(5)21-14)24-9-7-23(8-10-24)15-11-13(4)19-17(20-15)12(2)3/h11-12H,6-10H2,1-5H3. The number of nitro groups is 1. The summed E-state index contributed by atoms with van der Waals surface area (Å²) in [6.45, 7) is 10.9. The van der Waals surface area contributed by atoms with Gasteiger partial charge < -0.3 is 9.80 Å². The van der Waals surface area contributed by atoms with Crippen molar-refractivity contribution in [3.63, 3.8) is 0 Å². The molecule has 1 aliphatic rings. The van der Waals surface area contributed by atoms with E-state index in [0.29, 0.717) is 31.0 Å². The maximum atomic E-state index is 11.6. The van der Waals surface area contributed by atoms with Crippen molar-refractivity contribution in [3.8, 4) is 0 Å². The molecule has 2 aromatic heterocycles. The molecule has 9 heteroatoms. The number of nitrogens with zero attached hydrogens (tertiary/aromatic N) is 7. The van der Waals surface area contributed by atoms with Crippen LogP contribution in [0.4, 0.5) is 17.3 Å². The van der Waals surface area contributed by atoms with Gasteiger partial charge in [-0.05, 0) is 13.3 Å². The predicted octanol–water partition coefficient (Wildman–Crippen LogP) is 2.44. The molecule has 0 amide bonds. The number of aryl methyl sites for hydroxylation is 3. The summed E-state index contributed by atoms with van der Waals surface area (Å²) in [6.07, 6.45) is 0.544. The summed E-state index contributed by atoms with van der Waals surface area (Å²) in [7, 11) is 1.77. The highest BCUT2D eigenvalue weighted by Gasteiger charge is 2.31. The Labute approximate surface area is 159 Å². The Balaban J connectivity index is 1.81. The minimum Gasteiger partial charge on any atom is -0.353 e. The minimum atomic E-state index is -0.309. The lowest BCUT2D eigenvalue weighted by Gasteiger charge is -2.36. The van der Waals surface area contributed by atoms with Gasteiger partial charge in [-0.2, -0.15) is 5.10 Å². The normalized spacial score (nSPS) is 14.9. The Morgan fingerprint density at radius 2 is 1.81 bits per heavy atom. The molecule has 1 fully saturated rings. The first-order valence-corrected chi connectivity index (χ1v) is 9.37. The molecular formula is C18H27N7O2. The van der Waals surface area contributed by atoms with Crippen LogP contribution in [0.2, 0.25) is 0 Å². The van der Waals surface area contributed by atoms with E-state index in [1.54, 1.807) is 11.7 Å². The zero-order valence-electron chi connectivity index (χ0n) is 16.6. The average molecular weight is 373 g/mol. The van der Waals surface area contributed by atoms with Crippen LogP contribution in [0.25, 0.3) is 0 Å². The van der Waals surface area contributed by atoms with E-state index in [-0.39, 0.29) is 16.5 Å². The molecule has 0 N–H and O–H groups in total. The molecule has 3 heterocycles. The van der Waals surface area contributed by atoms with Gasteiger partial charge in [-0.3, -0.25) is 10.1 Å². The Morgan fingerprint density at radius 1 is 1.19 bits per heavy atom. The van der Waals surface area contributed by atoms with E-state index in [9.17, 15) is 10.1 Å². The summed E-state index contributed by atoms with van der Waals surface area (Å²) in [5.74, 6) is 2.65. The summed E-state index contributed by atoms with van der Waals surface area (Å²) in [4.78, 5) is 24.8. The molecule has 0 aromatic carbocycles. The quantitative estimate of drug-likeness (QED) is 0.587. The summed E-state index contributed by atoms with van der Waals surface area (Å²) >= 11 is 0. The molecule has 0 atom stereocenters. The minimum absolute atomic E-state index is 0.133. The lowest BCUT2D eigenvalue weighted by Crippen LogP contribution is -2.47. The molecule has 9 nitrogen and oxygen atoms in total. The van der Waals surface area contributed by atoms with E-state index in [1.807, 2.05) is 19.9 Å². The van der Waals surface area contributed by atoms with Crippen LogP contribution in [0, 0.1) is 17.0 Å². The Bertz CT molecular complexity index is 838. The van der Waals surface area contributed by atoms with Gasteiger partial charge in [0.15, 0.2) is 0 Å². The van der Waals surface area contributed by atoms with Gasteiger partial charge in [-0.25, -0.2) is 14.6 Å².